The van der Waals surface area contributed by atoms with E-state index in [-0.39, 0.29) is 23.9 Å². The Bertz CT molecular complexity index is 388. The van der Waals surface area contributed by atoms with Crippen LogP contribution in [0, 0.1) is 0 Å². The first kappa shape index (κ1) is 17.9. The third-order valence-corrected chi connectivity index (χ3v) is 3.14. The molecule has 1 aromatic rings. The van der Waals surface area contributed by atoms with Crippen molar-refractivity contribution in [3.05, 3.63) is 35.4 Å². The molecule has 0 spiro atoms. The Labute approximate surface area is 122 Å². The lowest BCUT2D eigenvalue weighted by Crippen LogP contribution is -2.41. The molecule has 0 aromatic heterocycles. The monoisotopic (exact) mass is 284 g/mol. The number of nitrogens with two attached hydrogens (primary N) is 1. The van der Waals surface area contributed by atoms with Gasteiger partial charge in [0.05, 0.1) is 5.54 Å². The van der Waals surface area contributed by atoms with E-state index in [1.807, 2.05) is 13.8 Å². The second-order valence-electron chi connectivity index (χ2n) is 5.12. The van der Waals surface area contributed by atoms with Gasteiger partial charge in [-0.3, -0.25) is 4.79 Å². The van der Waals surface area contributed by atoms with Gasteiger partial charge in [-0.2, -0.15) is 0 Å². The molecule has 0 saturated heterocycles. The number of carbonyl (C=O) groups excluding carboxylic acids is 1. The zero-order valence-corrected chi connectivity index (χ0v) is 12.8. The fourth-order valence-electron chi connectivity index (χ4n) is 1.90. The standard InChI is InChI=1S/C15H24N2O.ClH/c1-4-12-7-9-13(10-8-12)15(2,3)17-14(18)6-5-11-16;/h7-10H,4-6,11,16H2,1-3H3,(H,17,18);1H. The Balaban J connectivity index is 0.00000324. The maximum absolute atomic E-state index is 11.7. The average molecular weight is 285 g/mol. The van der Waals surface area contributed by atoms with Crippen LogP contribution in [0.1, 0.15) is 44.7 Å². The van der Waals surface area contributed by atoms with Gasteiger partial charge in [-0.1, -0.05) is 31.2 Å². The summed E-state index contributed by atoms with van der Waals surface area (Å²) in [4.78, 5) is 11.7. The number of benzene rings is 1. The van der Waals surface area contributed by atoms with E-state index in [1.54, 1.807) is 0 Å². The molecule has 0 heterocycles. The lowest BCUT2D eigenvalue weighted by molar-refractivity contribution is -0.122. The molecule has 0 radical (unpaired) electrons. The molecule has 1 rings (SSSR count). The molecule has 19 heavy (non-hydrogen) atoms. The van der Waals surface area contributed by atoms with E-state index in [0.717, 1.165) is 18.4 Å². The van der Waals surface area contributed by atoms with Gasteiger partial charge in [-0.05, 0) is 44.4 Å². The van der Waals surface area contributed by atoms with Crippen LogP contribution in [-0.4, -0.2) is 12.5 Å². The molecule has 0 aliphatic rings. The molecule has 1 aromatic carbocycles. The van der Waals surface area contributed by atoms with Crippen LogP contribution in [0.4, 0.5) is 0 Å². The highest BCUT2D eigenvalue weighted by Gasteiger charge is 2.22. The maximum atomic E-state index is 11.7. The molecule has 3 nitrogen and oxygen atoms in total. The van der Waals surface area contributed by atoms with Crippen molar-refractivity contribution in [1.82, 2.24) is 5.32 Å². The highest BCUT2D eigenvalue weighted by Crippen LogP contribution is 2.20. The van der Waals surface area contributed by atoms with Crippen LogP contribution >= 0.6 is 12.4 Å². The minimum absolute atomic E-state index is 0. The molecule has 0 bridgehead atoms. The van der Waals surface area contributed by atoms with Crippen molar-refractivity contribution >= 4 is 18.3 Å². The molecule has 1 amide bonds. The number of halogens is 1. The number of hydrogen-bond acceptors (Lipinski definition) is 2. The molecule has 0 saturated carbocycles. The van der Waals surface area contributed by atoms with Crippen LogP contribution in [0.2, 0.25) is 0 Å². The third-order valence-electron chi connectivity index (χ3n) is 3.14. The molecular formula is C15H25ClN2O. The summed E-state index contributed by atoms with van der Waals surface area (Å²) in [6.07, 6.45) is 2.26. The first-order valence-electron chi connectivity index (χ1n) is 6.60. The topological polar surface area (TPSA) is 55.1 Å². The fourth-order valence-corrected chi connectivity index (χ4v) is 1.90. The van der Waals surface area contributed by atoms with Crippen molar-refractivity contribution in [2.24, 2.45) is 5.73 Å². The van der Waals surface area contributed by atoms with Crippen molar-refractivity contribution in [2.75, 3.05) is 6.54 Å². The zero-order valence-electron chi connectivity index (χ0n) is 12.0. The Hall–Kier alpha value is -1.06. The van der Waals surface area contributed by atoms with Crippen molar-refractivity contribution < 1.29 is 4.79 Å². The zero-order chi connectivity index (χ0) is 13.6. The molecule has 3 N–H and O–H groups in total. The second-order valence-corrected chi connectivity index (χ2v) is 5.12. The summed E-state index contributed by atoms with van der Waals surface area (Å²) in [5.41, 5.74) is 7.50. The summed E-state index contributed by atoms with van der Waals surface area (Å²) >= 11 is 0. The third kappa shape index (κ3) is 5.62. The molecule has 0 unspecified atom stereocenters. The highest BCUT2D eigenvalue weighted by atomic mass is 35.5. The van der Waals surface area contributed by atoms with Crippen LogP contribution in [0.25, 0.3) is 0 Å². The van der Waals surface area contributed by atoms with Gasteiger partial charge in [0.1, 0.15) is 0 Å². The van der Waals surface area contributed by atoms with Gasteiger partial charge in [0.2, 0.25) is 5.91 Å². The summed E-state index contributed by atoms with van der Waals surface area (Å²) in [6.45, 7) is 6.73. The predicted molar refractivity (Wildman–Crippen MR) is 82.5 cm³/mol. The van der Waals surface area contributed by atoms with Crippen LogP contribution in [0.5, 0.6) is 0 Å². The summed E-state index contributed by atoms with van der Waals surface area (Å²) in [7, 11) is 0. The Morgan fingerprint density at radius 1 is 1.26 bits per heavy atom. The van der Waals surface area contributed by atoms with Crippen LogP contribution in [0.3, 0.4) is 0 Å². The van der Waals surface area contributed by atoms with Gasteiger partial charge in [0, 0.05) is 6.42 Å². The molecule has 4 heteroatoms. The van der Waals surface area contributed by atoms with Crippen LogP contribution in [0.15, 0.2) is 24.3 Å². The summed E-state index contributed by atoms with van der Waals surface area (Å²) in [5, 5.41) is 3.05. The molecule has 108 valence electrons. The fraction of sp³-hybridized carbons (Fsp3) is 0.533. The largest absolute Gasteiger partial charge is 0.347 e. The number of nitrogens with one attached hydrogen (secondary N) is 1. The molecule has 0 atom stereocenters. The van der Waals surface area contributed by atoms with E-state index in [0.29, 0.717) is 13.0 Å². The van der Waals surface area contributed by atoms with E-state index < -0.39 is 0 Å². The van der Waals surface area contributed by atoms with Gasteiger partial charge in [0.25, 0.3) is 0 Å². The number of carbonyl (C=O) groups is 1. The predicted octanol–water partition coefficient (Wildman–Crippen LogP) is 2.76. The molecule has 0 aliphatic heterocycles. The number of aryl methyl sites for hydroxylation is 1. The molecular weight excluding hydrogens is 260 g/mol. The van der Waals surface area contributed by atoms with E-state index in [4.69, 9.17) is 5.73 Å². The van der Waals surface area contributed by atoms with Gasteiger partial charge < -0.3 is 11.1 Å². The molecule has 0 aliphatic carbocycles. The Morgan fingerprint density at radius 2 is 1.84 bits per heavy atom. The number of amides is 1. The summed E-state index contributed by atoms with van der Waals surface area (Å²) < 4.78 is 0. The minimum Gasteiger partial charge on any atom is -0.347 e. The SMILES string of the molecule is CCc1ccc(C(C)(C)NC(=O)CCCN)cc1.Cl. The quantitative estimate of drug-likeness (QED) is 0.844. The normalized spacial score (nSPS) is 10.7. The van der Waals surface area contributed by atoms with Gasteiger partial charge in [-0.15, -0.1) is 12.4 Å². The van der Waals surface area contributed by atoms with Gasteiger partial charge in [0.15, 0.2) is 0 Å². The summed E-state index contributed by atoms with van der Waals surface area (Å²) in [5.74, 6) is 0.0602. The summed E-state index contributed by atoms with van der Waals surface area (Å²) in [6, 6.07) is 8.40. The Morgan fingerprint density at radius 3 is 2.32 bits per heavy atom. The van der Waals surface area contributed by atoms with Crippen molar-refractivity contribution in [1.29, 1.82) is 0 Å². The van der Waals surface area contributed by atoms with Crippen molar-refractivity contribution in [2.45, 2.75) is 45.6 Å². The first-order chi connectivity index (χ1) is 8.49. The van der Waals surface area contributed by atoms with Crippen LogP contribution < -0.4 is 11.1 Å². The lowest BCUT2D eigenvalue weighted by Gasteiger charge is -2.27. The van der Waals surface area contributed by atoms with E-state index >= 15 is 0 Å². The minimum atomic E-state index is -0.335. The van der Waals surface area contributed by atoms with Gasteiger partial charge in [-0.25, -0.2) is 0 Å². The highest BCUT2D eigenvalue weighted by molar-refractivity contribution is 5.85. The van der Waals surface area contributed by atoms with E-state index in [2.05, 4.69) is 36.5 Å². The first-order valence-corrected chi connectivity index (χ1v) is 6.60. The Kier molecular flexibility index (Phi) is 7.72. The average Bonchev–Trinajstić information content (AvgIpc) is 2.36. The molecule has 0 fully saturated rings. The lowest BCUT2D eigenvalue weighted by atomic mass is 9.93. The van der Waals surface area contributed by atoms with Gasteiger partial charge >= 0.3 is 0 Å². The maximum Gasteiger partial charge on any atom is 0.220 e. The van der Waals surface area contributed by atoms with Crippen molar-refractivity contribution in [3.8, 4) is 0 Å². The number of rotatable bonds is 6. The van der Waals surface area contributed by atoms with Crippen LogP contribution in [-0.2, 0) is 16.8 Å². The van der Waals surface area contributed by atoms with E-state index in [9.17, 15) is 4.79 Å². The smallest absolute Gasteiger partial charge is 0.220 e. The second kappa shape index (κ2) is 8.18. The van der Waals surface area contributed by atoms with Crippen molar-refractivity contribution in [3.63, 3.8) is 0 Å². The van der Waals surface area contributed by atoms with E-state index in [1.165, 1.54) is 5.56 Å². The number of hydrogen-bond donors (Lipinski definition) is 2.